The van der Waals surface area contributed by atoms with Gasteiger partial charge in [-0.25, -0.2) is 4.39 Å². The van der Waals surface area contributed by atoms with Crippen LogP contribution < -0.4 is 0 Å². The molecule has 4 nitrogen and oxygen atoms in total. The number of carboxylic acid groups (broad SMARTS) is 1. The van der Waals surface area contributed by atoms with Gasteiger partial charge in [0.25, 0.3) is 0 Å². The number of rotatable bonds is 4. The van der Waals surface area contributed by atoms with Crippen LogP contribution in [0.5, 0.6) is 0 Å². The van der Waals surface area contributed by atoms with Gasteiger partial charge in [0.15, 0.2) is 0 Å². The third-order valence-corrected chi connectivity index (χ3v) is 3.39. The van der Waals surface area contributed by atoms with Crippen LogP contribution in [0.25, 0.3) is 0 Å². The number of carbonyl (C=O) groups is 1. The molecule has 1 heterocycles. The van der Waals surface area contributed by atoms with E-state index in [1.54, 1.807) is 12.1 Å². The van der Waals surface area contributed by atoms with Gasteiger partial charge in [-0.2, -0.15) is 5.26 Å². The van der Waals surface area contributed by atoms with Crippen molar-refractivity contribution in [3.8, 4) is 6.07 Å². The Balaban J connectivity index is 1.96. The van der Waals surface area contributed by atoms with Crippen molar-refractivity contribution in [2.24, 2.45) is 5.92 Å². The van der Waals surface area contributed by atoms with Gasteiger partial charge in [0.05, 0.1) is 5.56 Å². The number of halogens is 1. The van der Waals surface area contributed by atoms with Crippen LogP contribution in [0, 0.1) is 23.1 Å². The van der Waals surface area contributed by atoms with E-state index in [4.69, 9.17) is 10.4 Å². The van der Waals surface area contributed by atoms with E-state index < -0.39 is 11.8 Å². The van der Waals surface area contributed by atoms with Crippen LogP contribution in [0.3, 0.4) is 0 Å². The fraction of sp³-hybridized carbons (Fsp3) is 0.429. The normalized spacial score (nSPS) is 19.3. The molecule has 19 heavy (non-hydrogen) atoms. The fourth-order valence-electron chi connectivity index (χ4n) is 2.48. The number of carboxylic acids is 1. The summed E-state index contributed by atoms with van der Waals surface area (Å²) in [5.41, 5.74) is 0.938. The highest BCUT2D eigenvalue weighted by Crippen LogP contribution is 2.22. The number of benzene rings is 1. The molecule has 2 rings (SSSR count). The minimum atomic E-state index is -0.764. The van der Waals surface area contributed by atoms with Crippen LogP contribution in [0.1, 0.15) is 24.0 Å². The zero-order valence-electron chi connectivity index (χ0n) is 10.5. The van der Waals surface area contributed by atoms with Gasteiger partial charge in [-0.3, -0.25) is 9.69 Å². The summed E-state index contributed by atoms with van der Waals surface area (Å²) in [5, 5.41) is 17.5. The van der Waals surface area contributed by atoms with Crippen molar-refractivity contribution < 1.29 is 14.3 Å². The van der Waals surface area contributed by atoms with Crippen molar-refractivity contribution in [2.75, 3.05) is 13.1 Å². The van der Waals surface area contributed by atoms with E-state index in [1.807, 2.05) is 6.07 Å². The lowest BCUT2D eigenvalue weighted by molar-refractivity contribution is -0.138. The number of hydrogen-bond acceptors (Lipinski definition) is 3. The molecular formula is C14H15FN2O2. The Bertz CT molecular complexity index is 525. The SMILES string of the molecule is N#Cc1cc(CN2CCC(CC(=O)O)C2)ccc1F. The summed E-state index contributed by atoms with van der Waals surface area (Å²) < 4.78 is 13.2. The van der Waals surface area contributed by atoms with Crippen molar-refractivity contribution in [1.82, 2.24) is 4.90 Å². The Kier molecular flexibility index (Phi) is 4.13. The van der Waals surface area contributed by atoms with Crippen LogP contribution in [-0.2, 0) is 11.3 Å². The summed E-state index contributed by atoms with van der Waals surface area (Å²) in [5.74, 6) is -1.08. The van der Waals surface area contributed by atoms with Gasteiger partial charge < -0.3 is 5.11 Å². The Hall–Kier alpha value is -1.93. The highest BCUT2D eigenvalue weighted by molar-refractivity contribution is 5.67. The van der Waals surface area contributed by atoms with Gasteiger partial charge in [-0.05, 0) is 36.6 Å². The van der Waals surface area contributed by atoms with Crippen LogP contribution in [0.4, 0.5) is 4.39 Å². The smallest absolute Gasteiger partial charge is 0.303 e. The number of aliphatic carboxylic acids is 1. The first kappa shape index (κ1) is 13.5. The number of hydrogen-bond donors (Lipinski definition) is 1. The van der Waals surface area contributed by atoms with Gasteiger partial charge >= 0.3 is 5.97 Å². The van der Waals surface area contributed by atoms with Gasteiger partial charge in [-0.1, -0.05) is 6.07 Å². The second-order valence-electron chi connectivity index (χ2n) is 4.91. The topological polar surface area (TPSA) is 64.3 Å². The maximum atomic E-state index is 13.2. The molecule has 0 saturated carbocycles. The number of likely N-dealkylation sites (tertiary alicyclic amines) is 1. The van der Waals surface area contributed by atoms with Crippen LogP contribution in [0.2, 0.25) is 0 Å². The molecule has 1 aromatic rings. The number of nitrogens with zero attached hydrogens (tertiary/aromatic N) is 2. The highest BCUT2D eigenvalue weighted by atomic mass is 19.1. The molecule has 1 fully saturated rings. The Morgan fingerprint density at radius 1 is 1.58 bits per heavy atom. The molecule has 0 bridgehead atoms. The Morgan fingerprint density at radius 2 is 2.37 bits per heavy atom. The second kappa shape index (κ2) is 5.81. The molecule has 1 aliphatic heterocycles. The van der Waals surface area contributed by atoms with Gasteiger partial charge in [0.1, 0.15) is 11.9 Å². The van der Waals surface area contributed by atoms with Crippen molar-refractivity contribution >= 4 is 5.97 Å². The molecule has 0 amide bonds. The molecule has 1 saturated heterocycles. The van der Waals surface area contributed by atoms with E-state index in [2.05, 4.69) is 4.90 Å². The lowest BCUT2D eigenvalue weighted by Gasteiger charge is -2.15. The van der Waals surface area contributed by atoms with Crippen molar-refractivity contribution in [2.45, 2.75) is 19.4 Å². The third-order valence-electron chi connectivity index (χ3n) is 3.39. The third kappa shape index (κ3) is 3.52. The quantitative estimate of drug-likeness (QED) is 0.901. The maximum Gasteiger partial charge on any atom is 0.303 e. The van der Waals surface area contributed by atoms with E-state index >= 15 is 0 Å². The summed E-state index contributed by atoms with van der Waals surface area (Å²) in [4.78, 5) is 12.8. The van der Waals surface area contributed by atoms with Crippen molar-refractivity contribution in [1.29, 1.82) is 5.26 Å². The molecule has 0 aliphatic carbocycles. The second-order valence-corrected chi connectivity index (χ2v) is 4.91. The molecule has 5 heteroatoms. The van der Waals surface area contributed by atoms with Gasteiger partial charge in [-0.15, -0.1) is 0 Å². The van der Waals surface area contributed by atoms with Crippen LogP contribution in [-0.4, -0.2) is 29.1 Å². The van der Waals surface area contributed by atoms with E-state index in [0.717, 1.165) is 25.1 Å². The van der Waals surface area contributed by atoms with Crippen molar-refractivity contribution in [3.63, 3.8) is 0 Å². The summed E-state index contributed by atoms with van der Waals surface area (Å²) >= 11 is 0. The first-order valence-electron chi connectivity index (χ1n) is 6.21. The maximum absolute atomic E-state index is 13.2. The lowest BCUT2D eigenvalue weighted by atomic mass is 10.1. The average Bonchev–Trinajstić information content (AvgIpc) is 2.78. The Labute approximate surface area is 111 Å². The minimum Gasteiger partial charge on any atom is -0.481 e. The van der Waals surface area contributed by atoms with E-state index in [0.29, 0.717) is 6.54 Å². The molecular weight excluding hydrogens is 247 g/mol. The van der Waals surface area contributed by atoms with E-state index in [1.165, 1.54) is 6.07 Å². The molecule has 1 aliphatic rings. The monoisotopic (exact) mass is 262 g/mol. The molecule has 100 valence electrons. The van der Waals surface area contributed by atoms with E-state index in [-0.39, 0.29) is 17.9 Å². The summed E-state index contributed by atoms with van der Waals surface area (Å²) in [6.07, 6.45) is 1.07. The molecule has 1 aromatic carbocycles. The van der Waals surface area contributed by atoms with Crippen LogP contribution in [0.15, 0.2) is 18.2 Å². The first-order valence-corrected chi connectivity index (χ1v) is 6.21. The average molecular weight is 262 g/mol. The molecule has 0 aromatic heterocycles. The predicted octanol–water partition coefficient (Wildman–Crippen LogP) is 1.99. The molecule has 0 spiro atoms. The van der Waals surface area contributed by atoms with Gasteiger partial charge in [0, 0.05) is 19.5 Å². The number of nitriles is 1. The lowest BCUT2D eigenvalue weighted by Crippen LogP contribution is -2.21. The van der Waals surface area contributed by atoms with Gasteiger partial charge in [0.2, 0.25) is 0 Å². The first-order chi connectivity index (χ1) is 9.08. The fourth-order valence-corrected chi connectivity index (χ4v) is 2.48. The molecule has 0 radical (unpaired) electrons. The zero-order valence-corrected chi connectivity index (χ0v) is 10.5. The largest absolute Gasteiger partial charge is 0.481 e. The van der Waals surface area contributed by atoms with E-state index in [9.17, 15) is 9.18 Å². The standard InChI is InChI=1S/C14H15FN2O2/c15-13-2-1-10(5-12(13)7-16)8-17-4-3-11(9-17)6-14(18)19/h1-2,5,11H,3-4,6,8-9H2,(H,18,19). The van der Waals surface area contributed by atoms with Crippen LogP contribution >= 0.6 is 0 Å². The zero-order chi connectivity index (χ0) is 13.8. The Morgan fingerprint density at radius 3 is 3.05 bits per heavy atom. The van der Waals surface area contributed by atoms with Crippen molar-refractivity contribution in [3.05, 3.63) is 35.1 Å². The summed E-state index contributed by atoms with van der Waals surface area (Å²) in [7, 11) is 0. The minimum absolute atomic E-state index is 0.0544. The summed E-state index contributed by atoms with van der Waals surface area (Å²) in [6.45, 7) is 2.22. The summed E-state index contributed by atoms with van der Waals surface area (Å²) in [6, 6.07) is 6.35. The molecule has 1 N–H and O–H groups in total. The molecule has 1 atom stereocenters. The highest BCUT2D eigenvalue weighted by Gasteiger charge is 2.24. The molecule has 1 unspecified atom stereocenters. The predicted molar refractivity (Wildman–Crippen MR) is 66.8 cm³/mol.